The van der Waals surface area contributed by atoms with Crippen LogP contribution in [0.3, 0.4) is 0 Å². The molecule has 0 fully saturated rings. The molecule has 0 aliphatic carbocycles. The van der Waals surface area contributed by atoms with Crippen LogP contribution in [0, 0.1) is 0 Å². The lowest BCUT2D eigenvalue weighted by molar-refractivity contribution is -0.153. The fourth-order valence-corrected chi connectivity index (χ4v) is 2.99. The second-order valence-corrected chi connectivity index (χ2v) is 8.34. The minimum Gasteiger partial charge on any atom is -0.484 e. The van der Waals surface area contributed by atoms with Crippen LogP contribution in [-0.2, 0) is 16.6 Å². The largest absolute Gasteiger partial charge is 0.484 e. The first-order valence-corrected chi connectivity index (χ1v) is 10.4. The Morgan fingerprint density at radius 1 is 1.21 bits per heavy atom. The summed E-state index contributed by atoms with van der Waals surface area (Å²) >= 11 is 0. The zero-order valence-electron chi connectivity index (χ0n) is 16.2. The van der Waals surface area contributed by atoms with Gasteiger partial charge in [0.15, 0.2) is 12.6 Å². The molecule has 0 atom stereocenters. The number of nitrogens with one attached hydrogen (secondary N) is 2. The molecule has 0 aliphatic rings. The smallest absolute Gasteiger partial charge is 0.422 e. The van der Waals surface area contributed by atoms with E-state index in [-0.39, 0.29) is 11.5 Å². The summed E-state index contributed by atoms with van der Waals surface area (Å²) in [6.07, 6.45) is -3.75. The minimum atomic E-state index is -4.37. The summed E-state index contributed by atoms with van der Waals surface area (Å²) in [7, 11) is -0.0219. The normalized spacial score (nSPS) is 12.9. The molecular formula is C17H27F3N4O3S. The number of sulfonamides is 1. The van der Waals surface area contributed by atoms with E-state index < -0.39 is 22.8 Å². The molecule has 11 heteroatoms. The molecule has 0 bridgehead atoms. The molecule has 0 radical (unpaired) electrons. The SMILES string of the molecule is CCS(=O)(=O)N(C)CCCNC(=NC)NCc1ccc(OCC(F)(F)F)cc1. The van der Waals surface area contributed by atoms with Gasteiger partial charge in [-0.25, -0.2) is 12.7 Å². The van der Waals surface area contributed by atoms with Gasteiger partial charge in [-0.15, -0.1) is 0 Å². The summed E-state index contributed by atoms with van der Waals surface area (Å²) < 4.78 is 65.7. The van der Waals surface area contributed by atoms with Crippen molar-refractivity contribution in [2.75, 3.05) is 39.5 Å². The zero-order valence-corrected chi connectivity index (χ0v) is 17.0. The first-order valence-electron chi connectivity index (χ1n) is 8.74. The van der Waals surface area contributed by atoms with Crippen LogP contribution in [0.5, 0.6) is 5.75 Å². The Labute approximate surface area is 164 Å². The van der Waals surface area contributed by atoms with Crippen molar-refractivity contribution in [3.63, 3.8) is 0 Å². The van der Waals surface area contributed by atoms with Gasteiger partial charge in [0.1, 0.15) is 5.75 Å². The minimum absolute atomic E-state index is 0.0696. The number of aliphatic imine (C=N–C) groups is 1. The van der Waals surface area contributed by atoms with Crippen LogP contribution < -0.4 is 15.4 Å². The molecule has 0 unspecified atom stereocenters. The zero-order chi connectivity index (χ0) is 21.2. The van der Waals surface area contributed by atoms with Crippen LogP contribution in [0.2, 0.25) is 0 Å². The lowest BCUT2D eigenvalue weighted by atomic mass is 10.2. The molecule has 1 aromatic rings. The second kappa shape index (κ2) is 11.1. The third-order valence-electron chi connectivity index (χ3n) is 3.79. The van der Waals surface area contributed by atoms with Crippen LogP contribution in [0.15, 0.2) is 29.3 Å². The van der Waals surface area contributed by atoms with Crippen molar-refractivity contribution >= 4 is 16.0 Å². The number of rotatable bonds is 10. The Hall–Kier alpha value is -2.01. The summed E-state index contributed by atoms with van der Waals surface area (Å²) in [5, 5.41) is 6.16. The number of hydrogen-bond donors (Lipinski definition) is 2. The van der Waals surface area contributed by atoms with E-state index in [0.717, 1.165) is 5.56 Å². The third kappa shape index (κ3) is 9.27. The van der Waals surface area contributed by atoms with Gasteiger partial charge >= 0.3 is 6.18 Å². The molecule has 0 amide bonds. The summed E-state index contributed by atoms with van der Waals surface area (Å²) in [5.41, 5.74) is 0.844. The van der Waals surface area contributed by atoms with Gasteiger partial charge in [0, 0.05) is 33.7 Å². The highest BCUT2D eigenvalue weighted by atomic mass is 32.2. The molecule has 1 rings (SSSR count). The van der Waals surface area contributed by atoms with Gasteiger partial charge < -0.3 is 15.4 Å². The van der Waals surface area contributed by atoms with Gasteiger partial charge in [0.25, 0.3) is 0 Å². The maximum Gasteiger partial charge on any atom is 0.422 e. The van der Waals surface area contributed by atoms with Crippen LogP contribution in [0.4, 0.5) is 13.2 Å². The Balaban J connectivity index is 2.36. The van der Waals surface area contributed by atoms with Gasteiger partial charge in [0.05, 0.1) is 5.75 Å². The van der Waals surface area contributed by atoms with E-state index in [1.54, 1.807) is 33.2 Å². The van der Waals surface area contributed by atoms with Gasteiger partial charge in [-0.05, 0) is 31.0 Å². The molecule has 0 aliphatic heterocycles. The van der Waals surface area contributed by atoms with Crippen molar-refractivity contribution in [3.05, 3.63) is 29.8 Å². The Bertz CT molecular complexity index is 722. The Morgan fingerprint density at radius 3 is 2.39 bits per heavy atom. The van der Waals surface area contributed by atoms with E-state index in [1.165, 1.54) is 16.4 Å². The number of ether oxygens (including phenoxy) is 1. The standard InChI is InChI=1S/C17H27F3N4O3S/c1-4-28(25,26)24(3)11-5-10-22-16(21-2)23-12-14-6-8-15(9-7-14)27-13-17(18,19)20/h6-9H,4-5,10-13H2,1-3H3,(H2,21,22,23). The van der Waals surface area contributed by atoms with Crippen LogP contribution in [0.1, 0.15) is 18.9 Å². The fourth-order valence-electron chi connectivity index (χ4n) is 2.14. The van der Waals surface area contributed by atoms with Crippen LogP contribution >= 0.6 is 0 Å². The molecule has 0 saturated carbocycles. The molecule has 0 aromatic heterocycles. The van der Waals surface area contributed by atoms with E-state index in [0.29, 0.717) is 32.0 Å². The van der Waals surface area contributed by atoms with E-state index in [4.69, 9.17) is 0 Å². The monoisotopic (exact) mass is 424 g/mol. The van der Waals surface area contributed by atoms with Gasteiger partial charge in [-0.2, -0.15) is 13.2 Å². The van der Waals surface area contributed by atoms with Crippen molar-refractivity contribution in [1.29, 1.82) is 0 Å². The third-order valence-corrected chi connectivity index (χ3v) is 5.65. The fraction of sp³-hybridized carbons (Fsp3) is 0.588. The lowest BCUT2D eigenvalue weighted by Gasteiger charge is -2.17. The number of benzene rings is 1. The van der Waals surface area contributed by atoms with Gasteiger partial charge in [-0.1, -0.05) is 12.1 Å². The number of halogens is 3. The first-order chi connectivity index (χ1) is 13.1. The van der Waals surface area contributed by atoms with Crippen molar-refractivity contribution in [3.8, 4) is 5.75 Å². The predicted molar refractivity (Wildman–Crippen MR) is 103 cm³/mol. The maximum atomic E-state index is 12.1. The molecular weight excluding hydrogens is 397 g/mol. The van der Waals surface area contributed by atoms with Crippen molar-refractivity contribution in [2.45, 2.75) is 26.1 Å². The highest BCUT2D eigenvalue weighted by molar-refractivity contribution is 7.89. The van der Waals surface area contributed by atoms with E-state index in [1.807, 2.05) is 0 Å². The quantitative estimate of drug-likeness (QED) is 0.341. The van der Waals surface area contributed by atoms with Gasteiger partial charge in [-0.3, -0.25) is 4.99 Å². The number of alkyl halides is 3. The summed E-state index contributed by atoms with van der Waals surface area (Å²) in [5.74, 6) is 0.758. The molecule has 0 saturated heterocycles. The molecule has 28 heavy (non-hydrogen) atoms. The van der Waals surface area contributed by atoms with Crippen LogP contribution in [-0.4, -0.2) is 64.4 Å². The maximum absolute atomic E-state index is 12.1. The molecule has 7 nitrogen and oxygen atoms in total. The molecule has 160 valence electrons. The topological polar surface area (TPSA) is 83.0 Å². The Morgan fingerprint density at radius 2 is 1.86 bits per heavy atom. The van der Waals surface area contributed by atoms with Crippen LogP contribution in [0.25, 0.3) is 0 Å². The summed E-state index contributed by atoms with van der Waals surface area (Å²) in [6, 6.07) is 6.28. The highest BCUT2D eigenvalue weighted by Crippen LogP contribution is 2.18. The average molecular weight is 424 g/mol. The van der Waals surface area contributed by atoms with Crippen molar-refractivity contribution in [1.82, 2.24) is 14.9 Å². The average Bonchev–Trinajstić information content (AvgIpc) is 2.65. The van der Waals surface area contributed by atoms with E-state index in [2.05, 4.69) is 20.4 Å². The first kappa shape index (κ1) is 24.0. The van der Waals surface area contributed by atoms with Gasteiger partial charge in [0.2, 0.25) is 10.0 Å². The van der Waals surface area contributed by atoms with Crippen molar-refractivity contribution in [2.24, 2.45) is 4.99 Å². The summed E-state index contributed by atoms with van der Waals surface area (Å²) in [6.45, 7) is 1.64. The Kier molecular flexibility index (Phi) is 9.53. The molecule has 1 aromatic carbocycles. The number of hydrogen-bond acceptors (Lipinski definition) is 4. The summed E-state index contributed by atoms with van der Waals surface area (Å²) in [4.78, 5) is 4.07. The predicted octanol–water partition coefficient (Wildman–Crippen LogP) is 1.96. The number of nitrogens with zero attached hydrogens (tertiary/aromatic N) is 2. The highest BCUT2D eigenvalue weighted by Gasteiger charge is 2.28. The molecule has 0 spiro atoms. The van der Waals surface area contributed by atoms with Crippen molar-refractivity contribution < 1.29 is 26.3 Å². The molecule has 2 N–H and O–H groups in total. The van der Waals surface area contributed by atoms with E-state index in [9.17, 15) is 21.6 Å². The molecule has 0 heterocycles. The number of guanidine groups is 1. The lowest BCUT2D eigenvalue weighted by Crippen LogP contribution is -2.38. The van der Waals surface area contributed by atoms with E-state index >= 15 is 0 Å². The second-order valence-electron chi connectivity index (χ2n) is 5.98.